The van der Waals surface area contributed by atoms with Crippen LogP contribution in [-0.2, 0) is 35.7 Å². The molecule has 5 heteroatoms. The smallest absolute Gasteiger partial charge is 0.162 e. The number of aryl methyl sites for hydroxylation is 1. The Hall–Kier alpha value is -3.53. The number of aliphatic hydroxyl groups is 1. The van der Waals surface area contributed by atoms with Gasteiger partial charge in [-0.2, -0.15) is 0 Å². The van der Waals surface area contributed by atoms with Crippen LogP contribution < -0.4 is 4.74 Å². The second-order valence-corrected chi connectivity index (χ2v) is 15.4. The molecule has 0 unspecified atom stereocenters. The summed E-state index contributed by atoms with van der Waals surface area (Å²) in [5.41, 5.74) is 6.38. The summed E-state index contributed by atoms with van der Waals surface area (Å²) >= 11 is 0. The average Bonchev–Trinajstić information content (AvgIpc) is 3.08. The molecule has 0 atom stereocenters. The van der Waals surface area contributed by atoms with Gasteiger partial charge in [-0.15, -0.1) is 17.5 Å². The van der Waals surface area contributed by atoms with Crippen LogP contribution in [0.5, 0.6) is 11.5 Å². The van der Waals surface area contributed by atoms with Crippen LogP contribution in [0.25, 0.3) is 43.6 Å². The van der Waals surface area contributed by atoms with E-state index in [2.05, 4.69) is 89.2 Å². The molecule has 0 saturated carbocycles. The number of allylic oxidation sites excluding steroid dienone is 2. The summed E-state index contributed by atoms with van der Waals surface area (Å²) in [6.07, 6.45) is 9.27. The number of nitrogens with zero attached hydrogens (tertiary/aromatic N) is 1. The third kappa shape index (κ3) is 6.64. The topological polar surface area (TPSA) is 59.4 Å². The van der Waals surface area contributed by atoms with E-state index in [1.165, 1.54) is 51.6 Å². The maximum atomic E-state index is 11.7. The first-order valence-electron chi connectivity index (χ1n) is 18.3. The zero-order valence-electron chi connectivity index (χ0n) is 31.2. The number of carbonyl (C=O) groups excluding carboxylic acids is 1. The molecule has 7 rings (SSSR count). The predicted molar refractivity (Wildman–Crippen MR) is 205 cm³/mol. The number of aromatic nitrogens is 1. The number of hydrogen-bond donors (Lipinski definition) is 1. The third-order valence-corrected chi connectivity index (χ3v) is 11.5. The molecular weight excluding hydrogens is 795 g/mol. The Labute approximate surface area is 312 Å². The second-order valence-electron chi connectivity index (χ2n) is 15.4. The molecule has 0 fully saturated rings. The maximum Gasteiger partial charge on any atom is 0.162 e. The number of rotatable bonds is 7. The van der Waals surface area contributed by atoms with Gasteiger partial charge in [0.1, 0.15) is 5.75 Å². The zero-order valence-corrected chi connectivity index (χ0v) is 33.6. The normalized spacial score (nSPS) is 15.6. The largest absolute Gasteiger partial charge is 0.512 e. The minimum Gasteiger partial charge on any atom is -0.512 e. The van der Waals surface area contributed by atoms with Crippen molar-refractivity contribution >= 4 is 38.1 Å². The SMILES string of the molecule is CCC(CC)C(=O)/C=C(\O)C(CC)CC.Cc1c2c([c-]c3ccccc13)-c1nccc3c1c(cc1cc4c(cc13)C(C)(C)CCC4(C)C)O2.[Ir]. The van der Waals surface area contributed by atoms with E-state index in [-0.39, 0.29) is 54.3 Å². The van der Waals surface area contributed by atoms with Crippen LogP contribution in [0, 0.1) is 24.8 Å². The van der Waals surface area contributed by atoms with E-state index in [0.29, 0.717) is 0 Å². The molecule has 4 nitrogen and oxygen atoms in total. The van der Waals surface area contributed by atoms with Crippen LogP contribution in [0.1, 0.15) is 111 Å². The number of aliphatic hydroxyl groups excluding tert-OH is 1. The van der Waals surface area contributed by atoms with Crippen molar-refractivity contribution in [2.45, 2.75) is 112 Å². The van der Waals surface area contributed by atoms with Gasteiger partial charge in [0, 0.05) is 55.3 Å². The minimum absolute atomic E-state index is 0. The fourth-order valence-corrected chi connectivity index (χ4v) is 8.01. The summed E-state index contributed by atoms with van der Waals surface area (Å²) in [6.45, 7) is 19.8. The Bertz CT molecular complexity index is 2100. The van der Waals surface area contributed by atoms with Crippen molar-refractivity contribution in [2.75, 3.05) is 0 Å². The Morgan fingerprint density at radius 3 is 2.14 bits per heavy atom. The first-order chi connectivity index (χ1) is 23.3. The van der Waals surface area contributed by atoms with E-state index in [9.17, 15) is 9.90 Å². The van der Waals surface area contributed by atoms with Crippen LogP contribution in [-0.4, -0.2) is 15.9 Å². The van der Waals surface area contributed by atoms with E-state index in [0.717, 1.165) is 64.8 Å². The van der Waals surface area contributed by atoms with Gasteiger partial charge >= 0.3 is 0 Å². The number of ketones is 1. The summed E-state index contributed by atoms with van der Waals surface area (Å²) in [4.78, 5) is 16.6. The Morgan fingerprint density at radius 2 is 1.50 bits per heavy atom. The average molecular weight is 847 g/mol. The molecule has 0 bridgehead atoms. The number of benzene rings is 4. The first-order valence-corrected chi connectivity index (χ1v) is 18.3. The van der Waals surface area contributed by atoms with Crippen molar-refractivity contribution < 1.29 is 34.7 Å². The standard InChI is InChI=1S/C32H28NO.C13H24O2.Ir/c1-18-21-9-7-6-8-19(21)14-24-29-28-22(10-13-33-29)23-17-26-25(31(2,3)11-12-32(26,4)5)15-20(23)16-27(28)34-30(18)24;1-5-10(6-2)12(14)9-13(15)11(7-3)8-4;/h6-10,13,15-17H,11-12H2,1-5H3;9-11,14H,5-8H2,1-4H3;/q-1;;/b;12-9-;. The quantitative estimate of drug-likeness (QED) is 0.0752. The summed E-state index contributed by atoms with van der Waals surface area (Å²) in [5, 5.41) is 16.9. The molecule has 2 heterocycles. The molecular formula is C45H52IrNO3-. The van der Waals surface area contributed by atoms with Crippen molar-refractivity contribution in [1.82, 2.24) is 4.98 Å². The summed E-state index contributed by atoms with van der Waals surface area (Å²) in [5.74, 6) is 2.33. The fraction of sp³-hybridized carbons (Fsp3) is 0.422. The summed E-state index contributed by atoms with van der Waals surface area (Å²) in [6, 6.07) is 21.3. The molecule has 0 spiro atoms. The molecule has 0 amide bonds. The Balaban J connectivity index is 0.000000261. The van der Waals surface area contributed by atoms with Crippen LogP contribution >= 0.6 is 0 Å². The number of carbonyl (C=O) groups is 1. The van der Waals surface area contributed by atoms with Crippen LogP contribution in [0.4, 0.5) is 0 Å². The summed E-state index contributed by atoms with van der Waals surface area (Å²) < 4.78 is 6.66. The molecule has 0 saturated heterocycles. The molecule has 1 aliphatic heterocycles. The van der Waals surface area contributed by atoms with Crippen molar-refractivity contribution in [3.63, 3.8) is 0 Å². The predicted octanol–water partition coefficient (Wildman–Crippen LogP) is 12.6. The van der Waals surface area contributed by atoms with Gasteiger partial charge in [0.05, 0.1) is 11.5 Å². The van der Waals surface area contributed by atoms with Crippen LogP contribution in [0.3, 0.4) is 0 Å². The zero-order chi connectivity index (χ0) is 35.2. The molecule has 50 heavy (non-hydrogen) atoms. The molecule has 1 radical (unpaired) electrons. The minimum atomic E-state index is 0. The van der Waals surface area contributed by atoms with E-state index in [1.807, 2.05) is 33.9 Å². The van der Waals surface area contributed by atoms with Crippen molar-refractivity contribution in [1.29, 1.82) is 0 Å². The first kappa shape index (κ1) is 37.7. The second kappa shape index (κ2) is 14.6. The van der Waals surface area contributed by atoms with E-state index >= 15 is 0 Å². The maximum absolute atomic E-state index is 11.7. The fourth-order valence-electron chi connectivity index (χ4n) is 8.01. The van der Waals surface area contributed by atoms with E-state index < -0.39 is 0 Å². The van der Waals surface area contributed by atoms with Crippen molar-refractivity contribution in [3.05, 3.63) is 89.3 Å². The van der Waals surface area contributed by atoms with Gasteiger partial charge < -0.3 is 9.84 Å². The van der Waals surface area contributed by atoms with Gasteiger partial charge in [-0.3, -0.25) is 9.78 Å². The monoisotopic (exact) mass is 847 g/mol. The third-order valence-electron chi connectivity index (χ3n) is 11.5. The Kier molecular flexibility index (Phi) is 11.0. The molecule has 1 N–H and O–H groups in total. The number of hydrogen-bond acceptors (Lipinski definition) is 4. The van der Waals surface area contributed by atoms with Gasteiger partial charge in [-0.1, -0.05) is 96.2 Å². The molecule has 5 aromatic rings. The van der Waals surface area contributed by atoms with Crippen molar-refractivity contribution in [3.8, 4) is 22.8 Å². The van der Waals surface area contributed by atoms with Gasteiger partial charge in [-0.25, -0.2) is 0 Å². The van der Waals surface area contributed by atoms with Crippen LogP contribution in [0.15, 0.2) is 66.6 Å². The van der Waals surface area contributed by atoms with E-state index in [4.69, 9.17) is 9.72 Å². The molecule has 4 aromatic carbocycles. The van der Waals surface area contributed by atoms with E-state index in [1.54, 1.807) is 0 Å². The summed E-state index contributed by atoms with van der Waals surface area (Å²) in [7, 11) is 0. The van der Waals surface area contributed by atoms with Crippen molar-refractivity contribution in [2.24, 2.45) is 11.8 Å². The number of ether oxygens (including phenoxy) is 1. The molecule has 2 aliphatic rings. The van der Waals surface area contributed by atoms with Gasteiger partial charge in [0.2, 0.25) is 0 Å². The number of fused-ring (bicyclic) bond motifs is 6. The van der Waals surface area contributed by atoms with Crippen LogP contribution in [0.2, 0.25) is 0 Å². The van der Waals surface area contributed by atoms with Gasteiger partial charge in [-0.05, 0) is 102 Å². The van der Waals surface area contributed by atoms with Gasteiger partial charge in [0.15, 0.2) is 5.78 Å². The molecule has 1 aromatic heterocycles. The Morgan fingerprint density at radius 1 is 0.880 bits per heavy atom. The molecule has 265 valence electrons. The molecule has 1 aliphatic carbocycles. The van der Waals surface area contributed by atoms with Gasteiger partial charge in [0.25, 0.3) is 0 Å². The number of pyridine rings is 1.